The molecular formula is C16H27NO3. The van der Waals surface area contributed by atoms with Gasteiger partial charge in [-0.3, -0.25) is 9.59 Å². The molecule has 2 aliphatic rings. The molecule has 4 nitrogen and oxygen atoms in total. The van der Waals surface area contributed by atoms with Crippen molar-refractivity contribution in [2.75, 3.05) is 13.1 Å². The molecule has 4 heteroatoms. The summed E-state index contributed by atoms with van der Waals surface area (Å²) < 4.78 is 5.68. The molecule has 0 aromatic heterocycles. The number of hydrogen-bond acceptors (Lipinski definition) is 3. The van der Waals surface area contributed by atoms with Crippen LogP contribution in [0.2, 0.25) is 0 Å². The lowest BCUT2D eigenvalue weighted by Crippen LogP contribution is -2.40. The summed E-state index contributed by atoms with van der Waals surface area (Å²) in [7, 11) is 0. The van der Waals surface area contributed by atoms with E-state index in [0.29, 0.717) is 19.0 Å². The molecule has 0 N–H and O–H groups in total. The Morgan fingerprint density at radius 1 is 1.05 bits per heavy atom. The summed E-state index contributed by atoms with van der Waals surface area (Å²) in [5.74, 6) is 0.584. The van der Waals surface area contributed by atoms with E-state index < -0.39 is 0 Å². The molecule has 1 saturated heterocycles. The van der Waals surface area contributed by atoms with Crippen molar-refractivity contribution in [1.82, 2.24) is 4.90 Å². The van der Waals surface area contributed by atoms with Crippen LogP contribution in [0.25, 0.3) is 0 Å². The number of rotatable bonds is 3. The predicted octanol–water partition coefficient (Wildman–Crippen LogP) is 2.76. The molecule has 1 atom stereocenters. The molecule has 0 radical (unpaired) electrons. The van der Waals surface area contributed by atoms with Crippen molar-refractivity contribution in [3.63, 3.8) is 0 Å². The average molecular weight is 281 g/mol. The largest absolute Gasteiger partial charge is 0.462 e. The fraction of sp³-hybridized carbons (Fsp3) is 0.875. The maximum Gasteiger partial charge on any atom is 0.309 e. The Morgan fingerprint density at radius 2 is 1.65 bits per heavy atom. The first-order valence-corrected chi connectivity index (χ1v) is 8.04. The van der Waals surface area contributed by atoms with Gasteiger partial charge in [-0.2, -0.15) is 0 Å². The molecule has 0 aromatic carbocycles. The molecule has 1 amide bonds. The van der Waals surface area contributed by atoms with Gasteiger partial charge in [-0.15, -0.1) is 0 Å². The van der Waals surface area contributed by atoms with Gasteiger partial charge in [0.05, 0.1) is 5.92 Å². The zero-order chi connectivity index (χ0) is 14.5. The van der Waals surface area contributed by atoms with Crippen LogP contribution >= 0.6 is 0 Å². The summed E-state index contributed by atoms with van der Waals surface area (Å²) >= 11 is 0. The van der Waals surface area contributed by atoms with Gasteiger partial charge in [0.1, 0.15) is 6.10 Å². The van der Waals surface area contributed by atoms with Crippen molar-refractivity contribution in [2.24, 2.45) is 11.8 Å². The van der Waals surface area contributed by atoms with Gasteiger partial charge in [0.15, 0.2) is 0 Å². The molecule has 2 rings (SSSR count). The minimum atomic E-state index is -0.0497. The first-order chi connectivity index (χ1) is 9.58. The monoisotopic (exact) mass is 281 g/mol. The Labute approximate surface area is 121 Å². The zero-order valence-electron chi connectivity index (χ0n) is 12.8. The lowest BCUT2D eigenvalue weighted by Gasteiger charge is -2.32. The first-order valence-electron chi connectivity index (χ1n) is 8.04. The quantitative estimate of drug-likeness (QED) is 0.747. The van der Waals surface area contributed by atoms with E-state index >= 15 is 0 Å². The van der Waals surface area contributed by atoms with Crippen molar-refractivity contribution < 1.29 is 14.3 Å². The Kier molecular flexibility index (Phi) is 5.44. The van der Waals surface area contributed by atoms with Crippen LogP contribution < -0.4 is 0 Å². The molecule has 1 aliphatic carbocycles. The standard InChI is InChI=1S/C16H27NO3/c1-12(14-6-4-3-5-7-14)20-16(19)15-8-10-17(11-9-15)13(2)18/h12,14-15H,3-11H2,1-2H3. The van der Waals surface area contributed by atoms with Gasteiger partial charge in [-0.05, 0) is 38.5 Å². The summed E-state index contributed by atoms with van der Waals surface area (Å²) in [4.78, 5) is 25.3. The van der Waals surface area contributed by atoms with Gasteiger partial charge in [0.2, 0.25) is 5.91 Å². The Hall–Kier alpha value is -1.06. The lowest BCUT2D eigenvalue weighted by atomic mass is 9.86. The average Bonchev–Trinajstić information content (AvgIpc) is 2.48. The van der Waals surface area contributed by atoms with E-state index in [1.165, 1.54) is 32.1 Å². The van der Waals surface area contributed by atoms with Crippen LogP contribution in [0.5, 0.6) is 0 Å². The van der Waals surface area contributed by atoms with Crippen LogP contribution in [0.3, 0.4) is 0 Å². The second kappa shape index (κ2) is 7.09. The minimum Gasteiger partial charge on any atom is -0.462 e. The first kappa shape index (κ1) is 15.3. The molecule has 1 heterocycles. The summed E-state index contributed by atoms with van der Waals surface area (Å²) in [5, 5.41) is 0. The maximum atomic E-state index is 12.2. The fourth-order valence-electron chi connectivity index (χ4n) is 3.41. The number of likely N-dealkylation sites (tertiary alicyclic amines) is 1. The molecule has 114 valence electrons. The SMILES string of the molecule is CC(=O)N1CCC(C(=O)OC(C)C2CCCCC2)CC1. The lowest BCUT2D eigenvalue weighted by molar-refractivity contribution is -0.159. The van der Waals surface area contributed by atoms with Crippen molar-refractivity contribution in [3.05, 3.63) is 0 Å². The molecular weight excluding hydrogens is 254 g/mol. The minimum absolute atomic E-state index is 0.0170. The summed E-state index contributed by atoms with van der Waals surface area (Å²) in [6.45, 7) is 5.00. The molecule has 1 aliphatic heterocycles. The number of piperidine rings is 1. The maximum absolute atomic E-state index is 12.2. The molecule has 1 unspecified atom stereocenters. The fourth-order valence-corrected chi connectivity index (χ4v) is 3.41. The third-order valence-electron chi connectivity index (χ3n) is 4.89. The zero-order valence-corrected chi connectivity index (χ0v) is 12.8. The summed E-state index contributed by atoms with van der Waals surface area (Å²) in [5.41, 5.74) is 0. The molecule has 0 aromatic rings. The van der Waals surface area contributed by atoms with E-state index in [1.807, 2.05) is 11.8 Å². The number of esters is 1. The topological polar surface area (TPSA) is 46.6 Å². The number of carbonyl (C=O) groups is 2. The van der Waals surface area contributed by atoms with Crippen LogP contribution in [0, 0.1) is 11.8 Å². The van der Waals surface area contributed by atoms with E-state index in [0.717, 1.165) is 12.8 Å². The summed E-state index contributed by atoms with van der Waals surface area (Å²) in [6, 6.07) is 0. The molecule has 0 spiro atoms. The molecule has 20 heavy (non-hydrogen) atoms. The van der Waals surface area contributed by atoms with E-state index in [2.05, 4.69) is 0 Å². The number of ether oxygens (including phenoxy) is 1. The van der Waals surface area contributed by atoms with Gasteiger partial charge in [-0.25, -0.2) is 0 Å². The second-order valence-corrected chi connectivity index (χ2v) is 6.32. The highest BCUT2D eigenvalue weighted by Gasteiger charge is 2.30. The van der Waals surface area contributed by atoms with Crippen LogP contribution in [-0.4, -0.2) is 36.0 Å². The van der Waals surface area contributed by atoms with Crippen molar-refractivity contribution in [2.45, 2.75) is 64.9 Å². The van der Waals surface area contributed by atoms with E-state index in [9.17, 15) is 9.59 Å². The second-order valence-electron chi connectivity index (χ2n) is 6.32. The molecule has 1 saturated carbocycles. The summed E-state index contributed by atoms with van der Waals surface area (Å²) in [6.07, 6.45) is 7.78. The van der Waals surface area contributed by atoms with Gasteiger partial charge in [0, 0.05) is 20.0 Å². The third-order valence-corrected chi connectivity index (χ3v) is 4.89. The Morgan fingerprint density at radius 3 is 2.20 bits per heavy atom. The Balaban J connectivity index is 1.76. The number of hydrogen-bond donors (Lipinski definition) is 0. The van der Waals surface area contributed by atoms with Crippen molar-refractivity contribution >= 4 is 11.9 Å². The van der Waals surface area contributed by atoms with Crippen LogP contribution in [-0.2, 0) is 14.3 Å². The third kappa shape index (κ3) is 3.97. The van der Waals surface area contributed by atoms with Gasteiger partial charge < -0.3 is 9.64 Å². The van der Waals surface area contributed by atoms with Crippen LogP contribution in [0.1, 0.15) is 58.8 Å². The van der Waals surface area contributed by atoms with Gasteiger partial charge in [-0.1, -0.05) is 19.3 Å². The van der Waals surface area contributed by atoms with Crippen molar-refractivity contribution in [3.8, 4) is 0 Å². The highest BCUT2D eigenvalue weighted by atomic mass is 16.5. The Bertz CT molecular complexity index is 342. The number of carbonyl (C=O) groups excluding carboxylic acids is 2. The predicted molar refractivity (Wildman–Crippen MR) is 77.1 cm³/mol. The van der Waals surface area contributed by atoms with Gasteiger partial charge in [0.25, 0.3) is 0 Å². The van der Waals surface area contributed by atoms with E-state index in [1.54, 1.807) is 6.92 Å². The number of nitrogens with zero attached hydrogens (tertiary/aromatic N) is 1. The smallest absolute Gasteiger partial charge is 0.309 e. The highest BCUT2D eigenvalue weighted by molar-refractivity contribution is 5.75. The normalized spacial score (nSPS) is 23.4. The van der Waals surface area contributed by atoms with Crippen LogP contribution in [0.4, 0.5) is 0 Å². The van der Waals surface area contributed by atoms with E-state index in [-0.39, 0.29) is 23.9 Å². The van der Waals surface area contributed by atoms with Crippen molar-refractivity contribution in [1.29, 1.82) is 0 Å². The molecule has 2 fully saturated rings. The highest BCUT2D eigenvalue weighted by Crippen LogP contribution is 2.29. The van der Waals surface area contributed by atoms with Gasteiger partial charge >= 0.3 is 5.97 Å². The number of amides is 1. The van der Waals surface area contributed by atoms with E-state index in [4.69, 9.17) is 4.74 Å². The van der Waals surface area contributed by atoms with Crippen LogP contribution in [0.15, 0.2) is 0 Å². The molecule has 0 bridgehead atoms.